The van der Waals surface area contributed by atoms with Gasteiger partial charge in [0.1, 0.15) is 0 Å². The van der Waals surface area contributed by atoms with Gasteiger partial charge in [0.25, 0.3) is 0 Å². The van der Waals surface area contributed by atoms with E-state index in [9.17, 15) is 0 Å². The molecule has 0 N–H and O–H groups in total. The van der Waals surface area contributed by atoms with E-state index in [2.05, 4.69) is 73.4 Å². The van der Waals surface area contributed by atoms with E-state index in [1.807, 2.05) is 0 Å². The Morgan fingerprint density at radius 1 is 1.06 bits per heavy atom. The summed E-state index contributed by atoms with van der Waals surface area (Å²) in [7, 11) is 0. The number of hydrogen-bond donors (Lipinski definition) is 0. The summed E-state index contributed by atoms with van der Waals surface area (Å²) in [5.74, 6) is 0.580. The van der Waals surface area contributed by atoms with Gasteiger partial charge in [-0.1, -0.05) is 80.7 Å². The smallest absolute Gasteiger partial charge is 0.0875 e. The summed E-state index contributed by atoms with van der Waals surface area (Å²) in [6, 6.07) is 0. The van der Waals surface area contributed by atoms with Gasteiger partial charge in [0, 0.05) is 0 Å². The Labute approximate surface area is 139 Å². The summed E-state index contributed by atoms with van der Waals surface area (Å²) in [6.45, 7) is 13.7. The Kier molecular flexibility index (Phi) is 4.96. The monoisotopic (exact) mass is 420 g/mol. The van der Waals surface area contributed by atoms with E-state index >= 15 is 0 Å². The Balaban J connectivity index is 0.000000199. The molecule has 0 bridgehead atoms. The lowest BCUT2D eigenvalue weighted by Gasteiger charge is -2.19. The van der Waals surface area contributed by atoms with Gasteiger partial charge in [-0.05, 0) is 50.9 Å². The minimum Gasteiger partial charge on any atom is -0.0875 e. The molecule has 2 fully saturated rings. The lowest BCUT2D eigenvalue weighted by atomic mass is 10.0. The third-order valence-electron chi connectivity index (χ3n) is 4.85. The summed E-state index contributed by atoms with van der Waals surface area (Å²) in [4.78, 5) is 0.133. The average Bonchev–Trinajstić information content (AvgIpc) is 2.84. The molecule has 108 valence electrons. The van der Waals surface area contributed by atoms with Crippen LogP contribution >= 0.6 is 55.1 Å². The van der Waals surface area contributed by atoms with Crippen LogP contribution in [0.15, 0.2) is 0 Å². The molecule has 2 aliphatic carbocycles. The zero-order valence-electron chi connectivity index (χ0n) is 12.1. The Bertz CT molecular complexity index is 304. The summed E-state index contributed by atoms with van der Waals surface area (Å²) in [5, 5.41) is 0. The van der Waals surface area contributed by atoms with Crippen LogP contribution in [0.25, 0.3) is 0 Å². The molecular weight excluding hydrogens is 399 g/mol. The largest absolute Gasteiger partial charge is 0.184 e. The maximum absolute atomic E-state index is 5.88. The minimum atomic E-state index is -0.828. The van der Waals surface area contributed by atoms with E-state index in [0.717, 1.165) is 0 Å². The second kappa shape index (κ2) is 5.07. The maximum atomic E-state index is 5.88. The molecule has 2 unspecified atom stereocenters. The molecule has 0 spiro atoms. The highest BCUT2D eigenvalue weighted by atomic mass is 79.9. The maximum Gasteiger partial charge on any atom is 0.184 e. The topological polar surface area (TPSA) is 0 Å². The van der Waals surface area contributed by atoms with E-state index in [1.54, 1.807) is 0 Å². The molecule has 0 nitrogen and oxygen atoms in total. The highest BCUT2D eigenvalue weighted by Gasteiger charge is 2.54. The van der Waals surface area contributed by atoms with Crippen LogP contribution in [0.1, 0.15) is 54.4 Å². The second-order valence-corrected chi connectivity index (χ2v) is 12.2. The van der Waals surface area contributed by atoms with E-state index < -0.39 is 3.24 Å². The van der Waals surface area contributed by atoms with Crippen LogP contribution in [-0.2, 0) is 0 Å². The second-order valence-electron chi connectivity index (χ2n) is 7.69. The quantitative estimate of drug-likeness (QED) is 0.431. The molecule has 0 heterocycles. The van der Waals surface area contributed by atoms with Crippen molar-refractivity contribution in [3.8, 4) is 0 Å². The number of alkyl halides is 4. The SMILES string of the molecule is CC1(C)CC1(C)C.CC1(C)CC1C(Br)C(Cl)(Cl)Br. The van der Waals surface area contributed by atoms with E-state index in [0.29, 0.717) is 22.2 Å². The molecule has 0 radical (unpaired) electrons. The van der Waals surface area contributed by atoms with Crippen molar-refractivity contribution in [2.24, 2.45) is 22.2 Å². The molecule has 0 aromatic carbocycles. The standard InChI is InChI=1S/C7H10Br2Cl2.C7H14/c1-6(2)3-4(6)5(8)7(9,10)11;1-6(2)5-7(6,3)4/h4-5H,3H2,1-2H3;5H2,1-4H3. The molecule has 2 saturated carbocycles. The van der Waals surface area contributed by atoms with Crippen LogP contribution in [0.4, 0.5) is 0 Å². The van der Waals surface area contributed by atoms with Crippen molar-refractivity contribution in [2.45, 2.75) is 62.5 Å². The third-order valence-corrected chi connectivity index (χ3v) is 8.28. The van der Waals surface area contributed by atoms with Gasteiger partial charge in [-0.25, -0.2) is 0 Å². The number of rotatable bonds is 2. The van der Waals surface area contributed by atoms with Gasteiger partial charge < -0.3 is 0 Å². The van der Waals surface area contributed by atoms with Crippen LogP contribution in [0, 0.1) is 22.2 Å². The van der Waals surface area contributed by atoms with Crippen molar-refractivity contribution >= 4 is 55.1 Å². The first-order valence-corrected chi connectivity index (χ1v) is 8.88. The van der Waals surface area contributed by atoms with Crippen LogP contribution in [0.5, 0.6) is 0 Å². The van der Waals surface area contributed by atoms with Gasteiger partial charge in [-0.3, -0.25) is 0 Å². The van der Waals surface area contributed by atoms with E-state index in [1.165, 1.54) is 12.8 Å². The molecule has 0 aromatic rings. The number of hydrogen-bond acceptors (Lipinski definition) is 0. The zero-order chi connectivity index (χ0) is 14.6. The summed E-state index contributed by atoms with van der Waals surface area (Å²) in [6.07, 6.45) is 2.59. The van der Waals surface area contributed by atoms with Gasteiger partial charge in [-0.15, -0.1) is 0 Å². The van der Waals surface area contributed by atoms with Crippen molar-refractivity contribution < 1.29 is 0 Å². The Hall–Kier alpha value is 1.54. The fourth-order valence-corrected chi connectivity index (χ4v) is 3.82. The van der Waals surface area contributed by atoms with Gasteiger partial charge in [0.05, 0.1) is 4.83 Å². The third kappa shape index (κ3) is 4.27. The Morgan fingerprint density at radius 2 is 1.33 bits per heavy atom. The molecule has 2 rings (SSSR count). The van der Waals surface area contributed by atoms with Crippen molar-refractivity contribution in [3.05, 3.63) is 0 Å². The van der Waals surface area contributed by atoms with Crippen LogP contribution < -0.4 is 0 Å². The van der Waals surface area contributed by atoms with Crippen molar-refractivity contribution in [3.63, 3.8) is 0 Å². The molecule has 0 aliphatic heterocycles. The molecular formula is C14H24Br2Cl2. The van der Waals surface area contributed by atoms with Crippen molar-refractivity contribution in [1.82, 2.24) is 0 Å². The van der Waals surface area contributed by atoms with Crippen LogP contribution in [-0.4, -0.2) is 8.07 Å². The van der Waals surface area contributed by atoms with Gasteiger partial charge in [0.2, 0.25) is 0 Å². The Morgan fingerprint density at radius 3 is 1.39 bits per heavy atom. The highest BCUT2D eigenvalue weighted by molar-refractivity contribution is 9.13. The average molecular weight is 423 g/mol. The van der Waals surface area contributed by atoms with E-state index in [-0.39, 0.29) is 4.83 Å². The lowest BCUT2D eigenvalue weighted by Crippen LogP contribution is -2.22. The first-order chi connectivity index (χ1) is 7.71. The molecule has 18 heavy (non-hydrogen) atoms. The van der Waals surface area contributed by atoms with Gasteiger partial charge in [-0.2, -0.15) is 0 Å². The minimum absolute atomic E-state index is 0.133. The van der Waals surface area contributed by atoms with E-state index in [4.69, 9.17) is 23.2 Å². The zero-order valence-corrected chi connectivity index (χ0v) is 16.8. The summed E-state index contributed by atoms with van der Waals surface area (Å²) < 4.78 is -0.828. The molecule has 0 saturated heterocycles. The van der Waals surface area contributed by atoms with Crippen LogP contribution in [0.2, 0.25) is 0 Å². The molecule has 4 heteroatoms. The normalized spacial score (nSPS) is 32.0. The summed E-state index contributed by atoms with van der Waals surface area (Å²) >= 11 is 18.5. The molecule has 2 aliphatic rings. The predicted octanol–water partition coefficient (Wildman–Crippen LogP) is 6.76. The van der Waals surface area contributed by atoms with Crippen LogP contribution in [0.3, 0.4) is 0 Å². The van der Waals surface area contributed by atoms with Crippen molar-refractivity contribution in [2.75, 3.05) is 0 Å². The molecule has 2 atom stereocenters. The predicted molar refractivity (Wildman–Crippen MR) is 90.1 cm³/mol. The summed E-state index contributed by atoms with van der Waals surface area (Å²) in [5.41, 5.74) is 1.69. The molecule has 0 amide bonds. The number of halogens is 4. The first-order valence-electron chi connectivity index (χ1n) is 6.41. The fourth-order valence-electron chi connectivity index (χ4n) is 2.30. The fraction of sp³-hybridized carbons (Fsp3) is 1.00. The van der Waals surface area contributed by atoms with Gasteiger partial charge >= 0.3 is 0 Å². The molecule has 0 aromatic heterocycles. The van der Waals surface area contributed by atoms with Crippen molar-refractivity contribution in [1.29, 1.82) is 0 Å². The highest BCUT2D eigenvalue weighted by Crippen LogP contribution is 2.62. The lowest BCUT2D eigenvalue weighted by molar-refractivity contribution is 0.457. The first kappa shape index (κ1) is 17.6. The van der Waals surface area contributed by atoms with Gasteiger partial charge in [0.15, 0.2) is 3.24 Å².